The summed E-state index contributed by atoms with van der Waals surface area (Å²) in [5, 5.41) is 0. The summed E-state index contributed by atoms with van der Waals surface area (Å²) in [6.45, 7) is 0.830. The predicted molar refractivity (Wildman–Crippen MR) is 60.1 cm³/mol. The van der Waals surface area contributed by atoms with Crippen LogP contribution in [0.3, 0.4) is 0 Å². The fourth-order valence-electron chi connectivity index (χ4n) is 1.73. The molecule has 3 heteroatoms. The van der Waals surface area contributed by atoms with Gasteiger partial charge in [0.15, 0.2) is 0 Å². The lowest BCUT2D eigenvalue weighted by Crippen LogP contribution is -1.96. The number of hydrogen-bond donors (Lipinski definition) is 0. The average Bonchev–Trinajstić information content (AvgIpc) is 2.67. The predicted octanol–water partition coefficient (Wildman–Crippen LogP) is 2.31. The lowest BCUT2D eigenvalue weighted by Gasteiger charge is -2.05. The lowest BCUT2D eigenvalue weighted by atomic mass is 10.1. The van der Waals surface area contributed by atoms with E-state index in [4.69, 9.17) is 4.74 Å². The molecule has 2 rings (SSSR count). The molecule has 0 spiro atoms. The van der Waals surface area contributed by atoms with Crippen molar-refractivity contribution < 1.29 is 4.74 Å². The first-order chi connectivity index (χ1) is 6.92. The number of ether oxygens (including phenoxy) is 1. The van der Waals surface area contributed by atoms with Gasteiger partial charge in [-0.05, 0) is 30.9 Å². The Hall–Kier alpha value is -0.700. The minimum atomic E-state index is 0.830. The molecular weight excluding hydrogens is 194 g/mol. The summed E-state index contributed by atoms with van der Waals surface area (Å²) in [7, 11) is 0. The second-order valence-corrected chi connectivity index (χ2v) is 4.43. The normalized spacial score (nSPS) is 13.8. The number of aromatic nitrogens is 1. The smallest absolute Gasteiger partial charge is 0.144 e. The molecule has 0 aliphatic carbocycles. The molecular formula is C11H15NOS. The zero-order chi connectivity index (χ0) is 9.80. The second kappa shape index (κ2) is 4.69. The molecule has 0 amide bonds. The highest BCUT2D eigenvalue weighted by molar-refractivity contribution is 7.98. The first-order valence-electron chi connectivity index (χ1n) is 5.00. The van der Waals surface area contributed by atoms with E-state index < -0.39 is 0 Å². The Morgan fingerprint density at radius 1 is 1.57 bits per heavy atom. The van der Waals surface area contributed by atoms with Crippen LogP contribution in [0.15, 0.2) is 12.3 Å². The summed E-state index contributed by atoms with van der Waals surface area (Å²) >= 11 is 1.89. The third kappa shape index (κ3) is 2.03. The average molecular weight is 209 g/mol. The SMILES string of the molecule is CSCCCc1nccc2c1OCC2. The van der Waals surface area contributed by atoms with Gasteiger partial charge < -0.3 is 4.74 Å². The van der Waals surface area contributed by atoms with Crippen LogP contribution in [-0.4, -0.2) is 23.6 Å². The van der Waals surface area contributed by atoms with Crippen LogP contribution in [-0.2, 0) is 12.8 Å². The summed E-state index contributed by atoms with van der Waals surface area (Å²) < 4.78 is 5.59. The van der Waals surface area contributed by atoms with Crippen LogP contribution in [0.4, 0.5) is 0 Å². The third-order valence-electron chi connectivity index (χ3n) is 2.44. The summed E-state index contributed by atoms with van der Waals surface area (Å²) in [5.74, 6) is 2.26. The summed E-state index contributed by atoms with van der Waals surface area (Å²) in [4.78, 5) is 4.39. The van der Waals surface area contributed by atoms with Crippen molar-refractivity contribution in [3.63, 3.8) is 0 Å². The highest BCUT2D eigenvalue weighted by atomic mass is 32.2. The molecule has 0 N–H and O–H groups in total. The number of fused-ring (bicyclic) bond motifs is 1. The summed E-state index contributed by atoms with van der Waals surface area (Å²) in [6.07, 6.45) is 7.33. The maximum atomic E-state index is 5.59. The van der Waals surface area contributed by atoms with Crippen molar-refractivity contribution in [2.45, 2.75) is 19.3 Å². The molecule has 1 aromatic heterocycles. The Labute approximate surface area is 89.1 Å². The topological polar surface area (TPSA) is 22.1 Å². The van der Waals surface area contributed by atoms with Crippen LogP contribution in [0.1, 0.15) is 17.7 Å². The molecule has 1 aromatic rings. The molecule has 0 unspecified atom stereocenters. The molecule has 0 saturated carbocycles. The molecule has 0 aromatic carbocycles. The van der Waals surface area contributed by atoms with Crippen LogP contribution in [0.25, 0.3) is 0 Å². The summed E-state index contributed by atoms with van der Waals surface area (Å²) in [6, 6.07) is 2.07. The maximum Gasteiger partial charge on any atom is 0.144 e. The molecule has 76 valence electrons. The summed E-state index contributed by atoms with van der Waals surface area (Å²) in [5.41, 5.74) is 2.48. The van der Waals surface area contributed by atoms with E-state index in [1.807, 2.05) is 18.0 Å². The largest absolute Gasteiger partial charge is 0.491 e. The molecule has 0 radical (unpaired) electrons. The standard InChI is InChI=1S/C11H15NOS/c1-14-8-2-3-10-11-9(4-6-12-10)5-7-13-11/h4,6H,2-3,5,7-8H2,1H3. The van der Waals surface area contributed by atoms with Gasteiger partial charge >= 0.3 is 0 Å². The Morgan fingerprint density at radius 3 is 3.36 bits per heavy atom. The quantitative estimate of drug-likeness (QED) is 0.710. The number of thioether (sulfide) groups is 1. The number of aryl methyl sites for hydroxylation is 1. The Kier molecular flexibility index (Phi) is 3.30. The van der Waals surface area contributed by atoms with Crippen LogP contribution >= 0.6 is 11.8 Å². The third-order valence-corrected chi connectivity index (χ3v) is 3.14. The Balaban J connectivity index is 2.06. The van der Waals surface area contributed by atoms with E-state index in [2.05, 4.69) is 17.3 Å². The van der Waals surface area contributed by atoms with Crippen molar-refractivity contribution in [3.05, 3.63) is 23.5 Å². The van der Waals surface area contributed by atoms with E-state index in [-0.39, 0.29) is 0 Å². The van der Waals surface area contributed by atoms with E-state index in [0.29, 0.717) is 0 Å². The van der Waals surface area contributed by atoms with Gasteiger partial charge in [0.1, 0.15) is 5.75 Å². The first kappa shape index (κ1) is 9.84. The van der Waals surface area contributed by atoms with Crippen molar-refractivity contribution in [3.8, 4) is 5.75 Å². The van der Waals surface area contributed by atoms with E-state index in [1.54, 1.807) is 0 Å². The Morgan fingerprint density at radius 2 is 2.50 bits per heavy atom. The van der Waals surface area contributed by atoms with E-state index in [0.717, 1.165) is 30.9 Å². The lowest BCUT2D eigenvalue weighted by molar-refractivity contribution is 0.351. The molecule has 2 nitrogen and oxygen atoms in total. The molecule has 0 saturated heterocycles. The molecule has 14 heavy (non-hydrogen) atoms. The van der Waals surface area contributed by atoms with Crippen LogP contribution in [0.5, 0.6) is 5.75 Å². The van der Waals surface area contributed by atoms with Gasteiger partial charge in [-0.3, -0.25) is 4.98 Å². The second-order valence-electron chi connectivity index (χ2n) is 3.44. The zero-order valence-corrected chi connectivity index (χ0v) is 9.27. The highest BCUT2D eigenvalue weighted by Gasteiger charge is 2.16. The molecule has 0 bridgehead atoms. The minimum Gasteiger partial charge on any atom is -0.491 e. The number of rotatable bonds is 4. The van der Waals surface area contributed by atoms with E-state index >= 15 is 0 Å². The molecule has 1 aliphatic heterocycles. The molecule has 0 fully saturated rings. The maximum absolute atomic E-state index is 5.59. The van der Waals surface area contributed by atoms with Gasteiger partial charge in [0, 0.05) is 18.2 Å². The van der Waals surface area contributed by atoms with Crippen LogP contribution in [0, 0.1) is 0 Å². The molecule has 2 heterocycles. The fourth-order valence-corrected chi connectivity index (χ4v) is 2.17. The van der Waals surface area contributed by atoms with Crippen molar-refractivity contribution >= 4 is 11.8 Å². The van der Waals surface area contributed by atoms with Crippen molar-refractivity contribution in [1.29, 1.82) is 0 Å². The van der Waals surface area contributed by atoms with Gasteiger partial charge in [0.25, 0.3) is 0 Å². The van der Waals surface area contributed by atoms with Crippen LogP contribution in [0.2, 0.25) is 0 Å². The molecule has 1 aliphatic rings. The Bertz CT molecular complexity index is 314. The molecule has 0 atom stereocenters. The first-order valence-corrected chi connectivity index (χ1v) is 6.39. The number of hydrogen-bond acceptors (Lipinski definition) is 3. The minimum absolute atomic E-state index is 0.830. The van der Waals surface area contributed by atoms with E-state index in [1.165, 1.54) is 17.7 Å². The zero-order valence-electron chi connectivity index (χ0n) is 8.45. The monoisotopic (exact) mass is 209 g/mol. The van der Waals surface area contributed by atoms with Crippen molar-refractivity contribution in [2.75, 3.05) is 18.6 Å². The van der Waals surface area contributed by atoms with Crippen molar-refractivity contribution in [1.82, 2.24) is 4.98 Å². The van der Waals surface area contributed by atoms with Gasteiger partial charge in [0.05, 0.1) is 12.3 Å². The van der Waals surface area contributed by atoms with Gasteiger partial charge in [0.2, 0.25) is 0 Å². The fraction of sp³-hybridized carbons (Fsp3) is 0.545. The van der Waals surface area contributed by atoms with Gasteiger partial charge in [-0.15, -0.1) is 0 Å². The number of pyridine rings is 1. The number of nitrogens with zero attached hydrogens (tertiary/aromatic N) is 1. The highest BCUT2D eigenvalue weighted by Crippen LogP contribution is 2.28. The van der Waals surface area contributed by atoms with Gasteiger partial charge in [-0.25, -0.2) is 0 Å². The van der Waals surface area contributed by atoms with Gasteiger partial charge in [-0.2, -0.15) is 11.8 Å². The van der Waals surface area contributed by atoms with E-state index in [9.17, 15) is 0 Å². The van der Waals surface area contributed by atoms with Gasteiger partial charge in [-0.1, -0.05) is 0 Å². The van der Waals surface area contributed by atoms with Crippen molar-refractivity contribution in [2.24, 2.45) is 0 Å². The van der Waals surface area contributed by atoms with Crippen LogP contribution < -0.4 is 4.74 Å².